The van der Waals surface area contributed by atoms with Crippen LogP contribution in [0.25, 0.3) is 0 Å². The Hall–Kier alpha value is -3.35. The summed E-state index contributed by atoms with van der Waals surface area (Å²) in [5.41, 5.74) is 1.41. The summed E-state index contributed by atoms with van der Waals surface area (Å²) in [6.45, 7) is 11.6. The van der Waals surface area contributed by atoms with Crippen molar-refractivity contribution < 1.29 is 13.6 Å². The molecular weight excluding hydrogens is 503 g/mol. The highest BCUT2D eigenvalue weighted by Crippen LogP contribution is 2.55. The monoisotopic (exact) mass is 540 g/mol. The van der Waals surface area contributed by atoms with E-state index in [9.17, 15) is 4.39 Å². The quantitative estimate of drug-likeness (QED) is 0.239. The van der Waals surface area contributed by atoms with Gasteiger partial charge in [0.05, 0.1) is 18.5 Å². The summed E-state index contributed by atoms with van der Waals surface area (Å²) in [4.78, 5) is 8.76. The van der Waals surface area contributed by atoms with E-state index in [4.69, 9.17) is 9.16 Å². The zero-order valence-corrected chi connectivity index (χ0v) is 24.4. The summed E-state index contributed by atoms with van der Waals surface area (Å²) in [5, 5.41) is 2.40. The number of nitrogens with zero attached hydrogens (tertiary/aromatic N) is 2. The number of aromatic nitrogens is 2. The van der Waals surface area contributed by atoms with Crippen molar-refractivity contribution in [1.29, 1.82) is 0 Å². The molecule has 0 N–H and O–H groups in total. The van der Waals surface area contributed by atoms with Crippen LogP contribution in [-0.4, -0.2) is 31.5 Å². The number of aryl methyl sites for hydroxylation is 2. The van der Waals surface area contributed by atoms with Gasteiger partial charge in [0.25, 0.3) is 8.32 Å². The Morgan fingerprint density at radius 1 is 0.923 bits per heavy atom. The summed E-state index contributed by atoms with van der Waals surface area (Å²) < 4.78 is 28.0. The molecule has 1 heterocycles. The van der Waals surface area contributed by atoms with Crippen LogP contribution in [0.15, 0.2) is 91.1 Å². The molecule has 202 valence electrons. The van der Waals surface area contributed by atoms with E-state index >= 15 is 0 Å². The molecule has 6 heteroatoms. The van der Waals surface area contributed by atoms with Gasteiger partial charge >= 0.3 is 0 Å². The third-order valence-corrected chi connectivity index (χ3v) is 13.1. The molecule has 2 atom stereocenters. The predicted molar refractivity (Wildman–Crippen MR) is 157 cm³/mol. The standard InChI is InChI=1S/C33H37FN2O2Si/c1-24-31(21-35-25(2)36-24)37-23-33(26-13-12-14-28(34)19-26)20-27(33)22-38-39(32(3,4)5,29-15-8-6-9-16-29)30-17-10-7-11-18-30/h6-19,21,27H,20,22-23H2,1-5H3/t27-,33+/m0/s1. The Balaban J connectivity index is 1.48. The molecule has 0 spiro atoms. The van der Waals surface area contributed by atoms with Crippen molar-refractivity contribution in [3.8, 4) is 5.75 Å². The van der Waals surface area contributed by atoms with Crippen LogP contribution in [0.2, 0.25) is 5.04 Å². The van der Waals surface area contributed by atoms with Gasteiger partial charge in [0, 0.05) is 12.0 Å². The minimum absolute atomic E-state index is 0.112. The van der Waals surface area contributed by atoms with Gasteiger partial charge in [-0.3, -0.25) is 0 Å². The lowest BCUT2D eigenvalue weighted by Crippen LogP contribution is -2.66. The molecule has 0 radical (unpaired) electrons. The molecule has 0 bridgehead atoms. The van der Waals surface area contributed by atoms with Gasteiger partial charge in [-0.05, 0) is 59.3 Å². The van der Waals surface area contributed by atoms with Crippen molar-refractivity contribution in [2.45, 2.75) is 51.5 Å². The predicted octanol–water partition coefficient (Wildman–Crippen LogP) is 6.15. The first kappa shape index (κ1) is 27.2. The van der Waals surface area contributed by atoms with Crippen LogP contribution >= 0.6 is 0 Å². The molecule has 4 nitrogen and oxygen atoms in total. The van der Waals surface area contributed by atoms with E-state index in [0.717, 1.165) is 17.7 Å². The Morgan fingerprint density at radius 3 is 2.13 bits per heavy atom. The Kier molecular flexibility index (Phi) is 7.44. The molecule has 39 heavy (non-hydrogen) atoms. The van der Waals surface area contributed by atoms with Gasteiger partial charge in [-0.25, -0.2) is 14.4 Å². The lowest BCUT2D eigenvalue weighted by atomic mass is 9.94. The maximum Gasteiger partial charge on any atom is 0.261 e. The molecule has 1 aromatic heterocycles. The van der Waals surface area contributed by atoms with E-state index in [0.29, 0.717) is 24.8 Å². The largest absolute Gasteiger partial charge is 0.489 e. The van der Waals surface area contributed by atoms with E-state index in [1.54, 1.807) is 18.3 Å². The summed E-state index contributed by atoms with van der Waals surface area (Å²) in [5.74, 6) is 1.32. The van der Waals surface area contributed by atoms with Gasteiger partial charge in [-0.2, -0.15) is 0 Å². The SMILES string of the molecule is Cc1ncc(OC[C@@]2(c3cccc(F)c3)C[C@H]2CO[Si](c2ccccc2)(c2ccccc2)C(C)(C)C)c(C)n1. The average molecular weight is 541 g/mol. The van der Waals surface area contributed by atoms with Crippen molar-refractivity contribution >= 4 is 18.7 Å². The molecule has 1 fully saturated rings. The summed E-state index contributed by atoms with van der Waals surface area (Å²) in [6.07, 6.45) is 2.59. The van der Waals surface area contributed by atoms with Crippen LogP contribution < -0.4 is 15.1 Å². The molecule has 4 aromatic rings. The summed E-state index contributed by atoms with van der Waals surface area (Å²) >= 11 is 0. The van der Waals surface area contributed by atoms with Gasteiger partial charge in [0.15, 0.2) is 5.75 Å². The molecule has 0 aliphatic heterocycles. The Labute approximate surface area is 232 Å². The second-order valence-electron chi connectivity index (χ2n) is 11.7. The van der Waals surface area contributed by atoms with Crippen molar-refractivity contribution in [1.82, 2.24) is 9.97 Å². The number of rotatable bonds is 9. The molecule has 1 saturated carbocycles. The second-order valence-corrected chi connectivity index (χ2v) is 16.0. The second kappa shape index (κ2) is 10.7. The van der Waals surface area contributed by atoms with Crippen molar-refractivity contribution in [2.24, 2.45) is 5.92 Å². The minimum atomic E-state index is -2.68. The van der Waals surface area contributed by atoms with Crippen LogP contribution in [0.4, 0.5) is 4.39 Å². The van der Waals surface area contributed by atoms with E-state index in [1.807, 2.05) is 19.9 Å². The third kappa shape index (κ3) is 5.28. The maximum absolute atomic E-state index is 14.4. The van der Waals surface area contributed by atoms with Crippen LogP contribution in [0, 0.1) is 25.6 Å². The van der Waals surface area contributed by atoms with Crippen LogP contribution in [0.5, 0.6) is 5.75 Å². The molecule has 5 rings (SSSR count). The van der Waals surface area contributed by atoms with E-state index in [2.05, 4.69) is 91.4 Å². The normalized spacial score (nSPS) is 19.1. The van der Waals surface area contributed by atoms with Crippen molar-refractivity contribution in [2.75, 3.05) is 13.2 Å². The van der Waals surface area contributed by atoms with E-state index in [-0.39, 0.29) is 22.2 Å². The van der Waals surface area contributed by atoms with Gasteiger partial charge < -0.3 is 9.16 Å². The molecule has 3 aromatic carbocycles. The summed E-state index contributed by atoms with van der Waals surface area (Å²) in [6, 6.07) is 28.3. The third-order valence-electron chi connectivity index (χ3n) is 8.09. The summed E-state index contributed by atoms with van der Waals surface area (Å²) in [7, 11) is -2.68. The fraction of sp³-hybridized carbons (Fsp3) is 0.333. The maximum atomic E-state index is 14.4. The molecular formula is C33H37FN2O2Si. The molecule has 0 amide bonds. The molecule has 0 saturated heterocycles. The fourth-order valence-corrected chi connectivity index (χ4v) is 10.5. The number of ether oxygens (including phenoxy) is 1. The fourth-order valence-electron chi connectivity index (χ4n) is 5.92. The number of hydrogen-bond donors (Lipinski definition) is 0. The Morgan fingerprint density at radius 2 is 1.56 bits per heavy atom. The van der Waals surface area contributed by atoms with Gasteiger partial charge in [0.1, 0.15) is 11.6 Å². The van der Waals surface area contributed by atoms with Gasteiger partial charge in [0.2, 0.25) is 0 Å². The first-order chi connectivity index (χ1) is 18.7. The average Bonchev–Trinajstić information content (AvgIpc) is 3.63. The van der Waals surface area contributed by atoms with Gasteiger partial charge in [-0.1, -0.05) is 93.6 Å². The van der Waals surface area contributed by atoms with Crippen molar-refractivity contribution in [3.63, 3.8) is 0 Å². The first-order valence-corrected chi connectivity index (χ1v) is 15.5. The zero-order valence-electron chi connectivity index (χ0n) is 23.4. The smallest absolute Gasteiger partial charge is 0.261 e. The van der Waals surface area contributed by atoms with Crippen LogP contribution in [0.3, 0.4) is 0 Å². The number of benzene rings is 3. The zero-order chi connectivity index (χ0) is 27.7. The lowest BCUT2D eigenvalue weighted by molar-refractivity contribution is 0.228. The first-order valence-electron chi connectivity index (χ1n) is 13.6. The van der Waals surface area contributed by atoms with E-state index in [1.165, 1.54) is 16.4 Å². The molecule has 1 aliphatic carbocycles. The van der Waals surface area contributed by atoms with Gasteiger partial charge in [-0.15, -0.1) is 0 Å². The topological polar surface area (TPSA) is 44.2 Å². The highest BCUT2D eigenvalue weighted by molar-refractivity contribution is 6.99. The van der Waals surface area contributed by atoms with Crippen LogP contribution in [0.1, 0.15) is 44.3 Å². The number of hydrogen-bond acceptors (Lipinski definition) is 4. The highest BCUT2D eigenvalue weighted by atomic mass is 28.4. The number of halogens is 1. The van der Waals surface area contributed by atoms with Crippen LogP contribution in [-0.2, 0) is 9.84 Å². The molecule has 1 aliphatic rings. The minimum Gasteiger partial charge on any atom is -0.489 e. The Bertz CT molecular complexity index is 1390. The molecule has 0 unspecified atom stereocenters. The van der Waals surface area contributed by atoms with Crippen molar-refractivity contribution in [3.05, 3.63) is 114 Å². The van der Waals surface area contributed by atoms with E-state index < -0.39 is 8.32 Å². The lowest BCUT2D eigenvalue weighted by Gasteiger charge is -2.43. The highest BCUT2D eigenvalue weighted by Gasteiger charge is 2.58.